The van der Waals surface area contributed by atoms with E-state index < -0.39 is 0 Å². The lowest BCUT2D eigenvalue weighted by Gasteiger charge is -2.14. The van der Waals surface area contributed by atoms with E-state index in [1.54, 1.807) is 17.8 Å². The molecule has 0 aliphatic carbocycles. The Labute approximate surface area is 167 Å². The van der Waals surface area contributed by atoms with Gasteiger partial charge < -0.3 is 9.30 Å². The minimum absolute atomic E-state index is 0.200. The van der Waals surface area contributed by atoms with E-state index >= 15 is 0 Å². The zero-order chi connectivity index (χ0) is 18.7. The van der Waals surface area contributed by atoms with Crippen LogP contribution in [0, 0.1) is 6.92 Å². The molecule has 0 bridgehead atoms. The number of halogens is 2. The summed E-state index contributed by atoms with van der Waals surface area (Å²) >= 11 is 13.6. The highest BCUT2D eigenvalue weighted by Crippen LogP contribution is 2.28. The highest BCUT2D eigenvalue weighted by Gasteiger charge is 2.17. The Balaban J connectivity index is 1.66. The number of benzene rings is 2. The van der Waals surface area contributed by atoms with Gasteiger partial charge in [-0.2, -0.15) is 0 Å². The first-order valence-electron chi connectivity index (χ1n) is 8.13. The van der Waals surface area contributed by atoms with E-state index in [9.17, 15) is 0 Å². The number of hydrogen-bond donors (Lipinski definition) is 0. The van der Waals surface area contributed by atoms with Gasteiger partial charge in [0.25, 0.3) is 0 Å². The smallest absolute Gasteiger partial charge is 0.191 e. The molecule has 7 heteroatoms. The number of hydrogen-bond acceptors (Lipinski definition) is 4. The molecule has 136 valence electrons. The normalized spacial score (nSPS) is 12.2. The molecule has 0 saturated carbocycles. The molecule has 0 aliphatic heterocycles. The molecule has 1 aromatic heterocycles. The third-order valence-electron chi connectivity index (χ3n) is 3.92. The minimum Gasteiger partial charge on any atom is -0.483 e. The fraction of sp³-hybridized carbons (Fsp3) is 0.263. The maximum absolute atomic E-state index is 6.07. The number of aromatic nitrogens is 3. The van der Waals surface area contributed by atoms with Crippen molar-refractivity contribution in [3.8, 4) is 5.75 Å². The Bertz CT molecular complexity index is 896. The van der Waals surface area contributed by atoms with Gasteiger partial charge >= 0.3 is 0 Å². The molecule has 0 N–H and O–H groups in total. The van der Waals surface area contributed by atoms with Crippen molar-refractivity contribution in [3.63, 3.8) is 0 Å². The SMILES string of the molecule is Cc1ccc(OC(C)c2nnc(SCc3ccc(Cl)c(Cl)c3)n2C)cc1. The van der Waals surface area contributed by atoms with Gasteiger partial charge in [0.2, 0.25) is 0 Å². The first kappa shape index (κ1) is 19.1. The van der Waals surface area contributed by atoms with Crippen LogP contribution in [-0.4, -0.2) is 14.8 Å². The quantitative estimate of drug-likeness (QED) is 0.479. The van der Waals surface area contributed by atoms with Crippen LogP contribution < -0.4 is 4.74 Å². The first-order chi connectivity index (χ1) is 12.4. The molecule has 0 radical (unpaired) electrons. The molecule has 3 aromatic rings. The van der Waals surface area contributed by atoms with Crippen LogP contribution in [0.5, 0.6) is 5.75 Å². The van der Waals surface area contributed by atoms with Gasteiger partial charge in [-0.15, -0.1) is 10.2 Å². The van der Waals surface area contributed by atoms with Crippen LogP contribution in [0.4, 0.5) is 0 Å². The molecular weight excluding hydrogens is 389 g/mol. The molecule has 2 aromatic carbocycles. The van der Waals surface area contributed by atoms with E-state index in [4.69, 9.17) is 27.9 Å². The molecule has 1 atom stereocenters. The lowest BCUT2D eigenvalue weighted by molar-refractivity contribution is 0.211. The molecule has 0 saturated heterocycles. The summed E-state index contributed by atoms with van der Waals surface area (Å²) < 4.78 is 7.94. The van der Waals surface area contributed by atoms with E-state index in [0.29, 0.717) is 10.0 Å². The van der Waals surface area contributed by atoms with Crippen molar-refractivity contribution >= 4 is 35.0 Å². The molecule has 4 nitrogen and oxygen atoms in total. The Morgan fingerprint density at radius 2 is 1.81 bits per heavy atom. The van der Waals surface area contributed by atoms with Crippen LogP contribution >= 0.6 is 35.0 Å². The van der Waals surface area contributed by atoms with Crippen molar-refractivity contribution in [2.45, 2.75) is 30.9 Å². The minimum atomic E-state index is -0.200. The Kier molecular flexibility index (Phi) is 6.12. The molecule has 0 amide bonds. The summed E-state index contributed by atoms with van der Waals surface area (Å²) in [6.45, 7) is 4.02. The summed E-state index contributed by atoms with van der Waals surface area (Å²) in [6.07, 6.45) is -0.200. The monoisotopic (exact) mass is 407 g/mol. The second-order valence-corrected chi connectivity index (χ2v) is 7.77. The summed E-state index contributed by atoms with van der Waals surface area (Å²) in [6, 6.07) is 13.6. The van der Waals surface area contributed by atoms with Gasteiger partial charge in [0.15, 0.2) is 17.1 Å². The zero-order valence-electron chi connectivity index (χ0n) is 14.7. The maximum atomic E-state index is 6.07. The third-order valence-corrected chi connectivity index (χ3v) is 5.75. The van der Waals surface area contributed by atoms with Crippen LogP contribution in [0.25, 0.3) is 0 Å². The number of thioether (sulfide) groups is 1. The van der Waals surface area contributed by atoms with Gasteiger partial charge in [0.05, 0.1) is 10.0 Å². The Hall–Kier alpha value is -1.69. The van der Waals surface area contributed by atoms with E-state index in [1.807, 2.05) is 61.9 Å². The second kappa shape index (κ2) is 8.33. The van der Waals surface area contributed by atoms with Gasteiger partial charge in [-0.05, 0) is 43.7 Å². The van der Waals surface area contributed by atoms with Gasteiger partial charge in [0, 0.05) is 12.8 Å². The molecule has 1 unspecified atom stereocenters. The lowest BCUT2D eigenvalue weighted by Crippen LogP contribution is -2.10. The predicted molar refractivity (Wildman–Crippen MR) is 107 cm³/mol. The van der Waals surface area contributed by atoms with Crippen LogP contribution in [-0.2, 0) is 12.8 Å². The summed E-state index contributed by atoms with van der Waals surface area (Å²) in [5.74, 6) is 2.33. The Morgan fingerprint density at radius 3 is 2.50 bits per heavy atom. The van der Waals surface area contributed by atoms with Crippen molar-refractivity contribution in [3.05, 3.63) is 69.5 Å². The van der Waals surface area contributed by atoms with Crippen molar-refractivity contribution in [2.75, 3.05) is 0 Å². The van der Waals surface area contributed by atoms with E-state index in [0.717, 1.165) is 28.0 Å². The average molecular weight is 408 g/mol. The average Bonchev–Trinajstić information content (AvgIpc) is 2.99. The lowest BCUT2D eigenvalue weighted by atomic mass is 10.2. The van der Waals surface area contributed by atoms with E-state index in [-0.39, 0.29) is 6.10 Å². The molecule has 26 heavy (non-hydrogen) atoms. The maximum Gasteiger partial charge on any atom is 0.191 e. The van der Waals surface area contributed by atoms with Gasteiger partial charge in [-0.3, -0.25) is 0 Å². The summed E-state index contributed by atoms with van der Waals surface area (Å²) in [4.78, 5) is 0. The van der Waals surface area contributed by atoms with Crippen molar-refractivity contribution in [1.29, 1.82) is 0 Å². The van der Waals surface area contributed by atoms with Gasteiger partial charge in [0.1, 0.15) is 5.75 Å². The summed E-state index contributed by atoms with van der Waals surface area (Å²) in [5.41, 5.74) is 2.28. The first-order valence-corrected chi connectivity index (χ1v) is 9.87. The summed E-state index contributed by atoms with van der Waals surface area (Å²) in [7, 11) is 1.95. The largest absolute Gasteiger partial charge is 0.483 e. The molecule has 1 heterocycles. The molecule has 0 aliphatic rings. The topological polar surface area (TPSA) is 39.9 Å². The fourth-order valence-corrected chi connectivity index (χ4v) is 3.64. The highest BCUT2D eigenvalue weighted by atomic mass is 35.5. The van der Waals surface area contributed by atoms with Crippen molar-refractivity contribution < 1.29 is 4.74 Å². The molecule has 0 fully saturated rings. The van der Waals surface area contributed by atoms with Crippen molar-refractivity contribution in [1.82, 2.24) is 14.8 Å². The van der Waals surface area contributed by atoms with Crippen LogP contribution in [0.1, 0.15) is 30.0 Å². The van der Waals surface area contributed by atoms with Gasteiger partial charge in [-0.25, -0.2) is 0 Å². The second-order valence-electron chi connectivity index (χ2n) is 6.01. The van der Waals surface area contributed by atoms with E-state index in [2.05, 4.69) is 10.2 Å². The number of nitrogens with zero attached hydrogens (tertiary/aromatic N) is 3. The van der Waals surface area contributed by atoms with Crippen LogP contribution in [0.2, 0.25) is 10.0 Å². The highest BCUT2D eigenvalue weighted by molar-refractivity contribution is 7.98. The predicted octanol–water partition coefficient (Wildman–Crippen LogP) is 5.86. The zero-order valence-corrected chi connectivity index (χ0v) is 17.1. The van der Waals surface area contributed by atoms with Crippen molar-refractivity contribution in [2.24, 2.45) is 7.05 Å². The summed E-state index contributed by atoms with van der Waals surface area (Å²) in [5, 5.41) is 10.5. The number of aryl methyl sites for hydroxylation is 1. The van der Waals surface area contributed by atoms with Gasteiger partial charge in [-0.1, -0.05) is 58.7 Å². The third kappa shape index (κ3) is 4.53. The number of ether oxygens (including phenoxy) is 1. The number of rotatable bonds is 6. The standard InChI is InChI=1S/C19H19Cl2N3OS/c1-12-4-7-15(8-5-12)25-13(2)18-22-23-19(24(18)3)26-11-14-6-9-16(20)17(21)10-14/h4-10,13H,11H2,1-3H3. The van der Waals surface area contributed by atoms with E-state index in [1.165, 1.54) is 5.56 Å². The molecular formula is C19H19Cl2N3OS. The van der Waals surface area contributed by atoms with Crippen LogP contribution in [0.3, 0.4) is 0 Å². The fourth-order valence-electron chi connectivity index (χ4n) is 2.46. The molecule has 3 rings (SSSR count). The Morgan fingerprint density at radius 1 is 1.08 bits per heavy atom. The van der Waals surface area contributed by atoms with Crippen LogP contribution in [0.15, 0.2) is 47.6 Å². The molecule has 0 spiro atoms.